The quantitative estimate of drug-likeness (QED) is 0.0957. The second-order valence-electron chi connectivity index (χ2n) is 14.8. The molecule has 5 aromatic rings. The van der Waals surface area contributed by atoms with Crippen LogP contribution in [0.15, 0.2) is 77.3 Å². The predicted molar refractivity (Wildman–Crippen MR) is 198 cm³/mol. The van der Waals surface area contributed by atoms with Crippen LogP contribution in [0, 0.1) is 16.9 Å². The molecule has 0 atom stereocenters. The second kappa shape index (κ2) is 15.1. The zero-order chi connectivity index (χ0) is 34.9. The van der Waals surface area contributed by atoms with Crippen molar-refractivity contribution in [1.29, 1.82) is 0 Å². The van der Waals surface area contributed by atoms with Gasteiger partial charge in [-0.2, -0.15) is 0 Å². The molecule has 0 saturated carbocycles. The molecule has 49 heavy (non-hydrogen) atoms. The van der Waals surface area contributed by atoms with Crippen LogP contribution in [0.5, 0.6) is 0 Å². The topological polar surface area (TPSA) is 76.2 Å². The Kier molecular flexibility index (Phi) is 11.8. The van der Waals surface area contributed by atoms with E-state index < -0.39 is 0 Å². The van der Waals surface area contributed by atoms with Crippen LogP contribution in [0.25, 0.3) is 44.1 Å². The summed E-state index contributed by atoms with van der Waals surface area (Å²) in [6.07, 6.45) is 12.3. The zero-order valence-electron chi connectivity index (χ0n) is 30.6. The number of rotatable bonds is 8. The first-order chi connectivity index (χ1) is 22.8. The third kappa shape index (κ3) is 7.47. The van der Waals surface area contributed by atoms with Crippen LogP contribution in [0.2, 0.25) is 0 Å². The van der Waals surface area contributed by atoms with Gasteiger partial charge < -0.3 is 9.52 Å². The van der Waals surface area contributed by atoms with E-state index >= 15 is 0 Å². The summed E-state index contributed by atoms with van der Waals surface area (Å²) in [6.45, 7) is 18.8. The van der Waals surface area contributed by atoms with E-state index in [2.05, 4.69) is 74.3 Å². The van der Waals surface area contributed by atoms with Crippen LogP contribution in [0.3, 0.4) is 0 Å². The van der Waals surface area contributed by atoms with Gasteiger partial charge >= 0.3 is 0 Å². The summed E-state index contributed by atoms with van der Waals surface area (Å²) in [7, 11) is 0. The maximum Gasteiger partial charge on any atom is 0.164 e. The molecule has 0 spiro atoms. The Labute approximate surface area is 306 Å². The fourth-order valence-electron chi connectivity index (χ4n) is 6.52. The largest absolute Gasteiger partial charge is 0.512 e. The number of aliphatic hydroxyl groups excluding tert-OH is 1. The van der Waals surface area contributed by atoms with Crippen molar-refractivity contribution in [1.82, 2.24) is 9.97 Å². The van der Waals surface area contributed by atoms with Gasteiger partial charge in [-0.3, -0.25) is 14.8 Å². The zero-order valence-corrected chi connectivity index (χ0v) is 33.0. The van der Waals surface area contributed by atoms with Crippen molar-refractivity contribution in [3.63, 3.8) is 0 Å². The number of hydrogen-bond donors (Lipinski definition) is 1. The van der Waals surface area contributed by atoms with E-state index in [9.17, 15) is 9.90 Å². The summed E-state index contributed by atoms with van der Waals surface area (Å²) < 4.78 is 6.47. The molecule has 6 heteroatoms. The summed E-state index contributed by atoms with van der Waals surface area (Å²) in [6, 6.07) is 18.5. The first kappa shape index (κ1) is 38.2. The molecule has 0 fully saturated rings. The van der Waals surface area contributed by atoms with Gasteiger partial charge in [-0.15, -0.1) is 29.1 Å². The van der Waals surface area contributed by atoms with Gasteiger partial charge in [0.2, 0.25) is 0 Å². The number of hydrogen-bond acceptors (Lipinski definition) is 5. The molecule has 0 saturated heterocycles. The molecule has 0 amide bonds. The number of aryl methyl sites for hydroxylation is 2. The van der Waals surface area contributed by atoms with Gasteiger partial charge in [0.05, 0.1) is 0 Å². The molecule has 3 heterocycles. The summed E-state index contributed by atoms with van der Waals surface area (Å²) >= 11 is 0. The Balaban J connectivity index is 0.000000260. The van der Waals surface area contributed by atoms with Gasteiger partial charge in [0.1, 0.15) is 17.1 Å². The van der Waals surface area contributed by atoms with E-state index in [1.807, 2.05) is 60.1 Å². The molecule has 1 aliphatic rings. The van der Waals surface area contributed by atoms with Crippen molar-refractivity contribution in [3.8, 4) is 22.4 Å². The minimum Gasteiger partial charge on any atom is -0.512 e. The van der Waals surface area contributed by atoms with Crippen molar-refractivity contribution >= 4 is 27.5 Å². The normalized spacial score (nSPS) is 13.3. The fraction of sp³-hybridized carbons (Fsp3) is 0.419. The molecule has 1 radical (unpaired) electrons. The maximum atomic E-state index is 12.2. The van der Waals surface area contributed by atoms with Crippen LogP contribution < -0.4 is 0 Å². The third-order valence-corrected chi connectivity index (χ3v) is 10.9. The van der Waals surface area contributed by atoms with Crippen molar-refractivity contribution in [2.75, 3.05) is 0 Å². The molecule has 3 aromatic heterocycles. The molecular formula is C43H51IrN2O3-. The number of carbonyl (C=O) groups excluding carboxylic acids is 1. The number of aliphatic hydroxyl groups is 1. The van der Waals surface area contributed by atoms with E-state index in [1.54, 1.807) is 0 Å². The number of pyridine rings is 2. The number of allylic oxidation sites excluding steroid dienone is 2. The van der Waals surface area contributed by atoms with Crippen LogP contribution in [-0.4, -0.2) is 20.9 Å². The number of carbonyl (C=O) groups is 1. The molecule has 0 aliphatic heterocycles. The molecule has 0 unspecified atom stereocenters. The monoisotopic (exact) mass is 836 g/mol. The number of fused-ring (bicyclic) bond motifs is 6. The molecule has 6 rings (SSSR count). The van der Waals surface area contributed by atoms with Crippen molar-refractivity contribution < 1.29 is 34.4 Å². The Morgan fingerprint density at radius 3 is 2.22 bits per heavy atom. The molecule has 261 valence electrons. The van der Waals surface area contributed by atoms with Crippen molar-refractivity contribution in [2.24, 2.45) is 10.8 Å². The standard InChI is InChI=1S/C28H23N2O.C15H28O2.Ir/c1-28(2,3)23-15-19(14-17-6-4-5-7-20(17)23)26-27-22(11-13-30-26)25-21-10-12-29-16-18(21)8-9-24(25)31-27;1-7-14(5,8-2)12(16)11-13(17)15(6,9-3)10-4;/h4-7,10-13,15-16H,8-9H2,1-3H3;11,16H,7-10H2,1-6H3;/q-1;;/b;12-11-;. The van der Waals surface area contributed by atoms with Crippen molar-refractivity contribution in [2.45, 2.75) is 106 Å². The van der Waals surface area contributed by atoms with Crippen LogP contribution >= 0.6 is 0 Å². The molecule has 1 N–H and O–H groups in total. The van der Waals surface area contributed by atoms with Gasteiger partial charge in [-0.05, 0) is 60.8 Å². The van der Waals surface area contributed by atoms with Crippen LogP contribution in [0.4, 0.5) is 0 Å². The van der Waals surface area contributed by atoms with E-state index in [4.69, 9.17) is 9.40 Å². The number of benzene rings is 2. The number of nitrogens with zero attached hydrogens (tertiary/aromatic N) is 2. The summed E-state index contributed by atoms with van der Waals surface area (Å²) in [5, 5.41) is 13.6. The summed E-state index contributed by atoms with van der Waals surface area (Å²) in [5.74, 6) is 1.33. The number of furan rings is 1. The Morgan fingerprint density at radius 2 is 1.57 bits per heavy atom. The fourth-order valence-corrected chi connectivity index (χ4v) is 6.52. The molecular weight excluding hydrogens is 785 g/mol. The minimum absolute atomic E-state index is 0. The van der Waals surface area contributed by atoms with E-state index in [-0.39, 0.29) is 47.9 Å². The summed E-state index contributed by atoms with van der Waals surface area (Å²) in [4.78, 5) is 21.3. The van der Waals surface area contributed by atoms with E-state index in [0.29, 0.717) is 0 Å². The Bertz CT molecular complexity index is 1970. The predicted octanol–water partition coefficient (Wildman–Crippen LogP) is 11.6. The van der Waals surface area contributed by atoms with Gasteiger partial charge in [0.15, 0.2) is 5.78 Å². The maximum absolute atomic E-state index is 12.2. The minimum atomic E-state index is -0.337. The Hall–Kier alpha value is -3.60. The van der Waals surface area contributed by atoms with E-state index in [1.165, 1.54) is 33.7 Å². The second-order valence-corrected chi connectivity index (χ2v) is 14.8. The first-order valence-electron chi connectivity index (χ1n) is 17.5. The van der Waals surface area contributed by atoms with Gasteiger partial charge in [-0.25, -0.2) is 0 Å². The average Bonchev–Trinajstić information content (AvgIpc) is 3.49. The summed E-state index contributed by atoms with van der Waals surface area (Å²) in [5.41, 5.74) is 7.09. The van der Waals surface area contributed by atoms with Gasteiger partial charge in [0, 0.05) is 78.7 Å². The molecule has 0 bridgehead atoms. The molecule has 1 aliphatic carbocycles. The van der Waals surface area contributed by atoms with Crippen molar-refractivity contribution in [3.05, 3.63) is 95.8 Å². The molecule has 5 nitrogen and oxygen atoms in total. The molecule has 2 aromatic carbocycles. The third-order valence-electron chi connectivity index (χ3n) is 10.9. The average molecular weight is 836 g/mol. The van der Waals surface area contributed by atoms with Crippen LogP contribution in [-0.2, 0) is 43.2 Å². The number of aromatic nitrogens is 2. The first-order valence-corrected chi connectivity index (χ1v) is 17.5. The van der Waals surface area contributed by atoms with Gasteiger partial charge in [-0.1, -0.05) is 91.5 Å². The number of ketones is 1. The smallest absolute Gasteiger partial charge is 0.164 e. The van der Waals surface area contributed by atoms with E-state index in [0.717, 1.165) is 71.9 Å². The van der Waals surface area contributed by atoms with Crippen LogP contribution in [0.1, 0.15) is 105 Å². The SMILES string of the molecule is CC(C)(C)c1cc(-c2nccc3c4c(oc23)CCc2cnccc2-4)[c-]c2ccccc12.CCC(C)(CC)C(=O)/C=C(\O)C(C)(CC)CC.[Ir]. The van der Waals surface area contributed by atoms with Gasteiger partial charge in [0.25, 0.3) is 0 Å². The Morgan fingerprint density at radius 1 is 0.898 bits per heavy atom.